The van der Waals surface area contributed by atoms with Gasteiger partial charge in [0, 0.05) is 36.2 Å². The Bertz CT molecular complexity index is 1320. The van der Waals surface area contributed by atoms with Gasteiger partial charge in [-0.3, -0.25) is 14.4 Å². The van der Waals surface area contributed by atoms with Crippen molar-refractivity contribution in [3.05, 3.63) is 24.2 Å². The van der Waals surface area contributed by atoms with Gasteiger partial charge in [0.1, 0.15) is 17.5 Å². The van der Waals surface area contributed by atoms with Gasteiger partial charge < -0.3 is 33.6 Å². The SMILES string of the molecule is CC1(C)OC[C@]2([C@@H](O)OC(=O)CCCCCCCC(=O)O)[C@@H]1CC(=O)[C@]1(C)[C@H]2CC[C@]2(C)[C@H](c3ccoc3)OC(=O)[C@@H]3O[C@]321. The molecule has 0 unspecified atom stereocenters. The smallest absolute Gasteiger partial charge is 0.339 e. The Hall–Kier alpha value is -2.76. The van der Waals surface area contributed by atoms with Gasteiger partial charge in [0.05, 0.1) is 35.6 Å². The number of cyclic esters (lactones) is 1. The van der Waals surface area contributed by atoms with Crippen LogP contribution in [0.3, 0.4) is 0 Å². The van der Waals surface area contributed by atoms with E-state index in [-0.39, 0.29) is 31.7 Å². The first-order valence-corrected chi connectivity index (χ1v) is 15.9. The molecule has 11 nitrogen and oxygen atoms in total. The lowest BCUT2D eigenvalue weighted by molar-refractivity contribution is -0.256. The van der Waals surface area contributed by atoms with Crippen LogP contribution in [0.2, 0.25) is 0 Å². The van der Waals surface area contributed by atoms with E-state index in [0.29, 0.717) is 31.2 Å². The van der Waals surface area contributed by atoms with Crippen LogP contribution in [0.5, 0.6) is 0 Å². The van der Waals surface area contributed by atoms with Gasteiger partial charge in [-0.1, -0.05) is 26.2 Å². The molecule has 1 spiro atoms. The van der Waals surface area contributed by atoms with Gasteiger partial charge in [-0.05, 0) is 58.4 Å². The number of epoxide rings is 1. The number of furan rings is 1. The summed E-state index contributed by atoms with van der Waals surface area (Å²) < 4.78 is 29.7. The van der Waals surface area contributed by atoms with E-state index in [1.165, 1.54) is 6.26 Å². The van der Waals surface area contributed by atoms with Crippen LogP contribution < -0.4 is 0 Å². The number of esters is 2. The standard InChI is InChI=1S/C33H44O11/c1-29(2)21-16-22(34)31(4)20(12-14-30(3)25(19-13-15-40-17-19)43-27(38)26-33(30,31)44-26)32(21,18-41-29)28(39)42-24(37)11-9-7-5-6-8-10-23(35)36/h13,15,17,20-21,25-26,28,39H,5-12,14,16,18H2,1-4H3,(H,35,36)/t20-,21-,25+,26+,28+,30-,31+,32-,33-/m1/s1. The van der Waals surface area contributed by atoms with Crippen LogP contribution in [0, 0.1) is 28.1 Å². The first-order chi connectivity index (χ1) is 20.8. The molecule has 0 radical (unpaired) electrons. The molecular weight excluding hydrogens is 572 g/mol. The van der Waals surface area contributed by atoms with Crippen molar-refractivity contribution in [3.63, 3.8) is 0 Å². The number of hydrogen-bond acceptors (Lipinski definition) is 10. The third-order valence-electron chi connectivity index (χ3n) is 12.0. The van der Waals surface area contributed by atoms with Crippen molar-refractivity contribution in [2.75, 3.05) is 6.61 Å². The predicted octanol–water partition coefficient (Wildman–Crippen LogP) is 4.50. The third-order valence-corrected chi connectivity index (χ3v) is 12.0. The molecule has 6 rings (SSSR count). The molecule has 1 aromatic rings. The Labute approximate surface area is 256 Å². The third kappa shape index (κ3) is 4.25. The molecule has 3 aliphatic heterocycles. The highest BCUT2D eigenvalue weighted by atomic mass is 16.7. The summed E-state index contributed by atoms with van der Waals surface area (Å²) >= 11 is 0. The zero-order valence-electron chi connectivity index (χ0n) is 26.0. The van der Waals surface area contributed by atoms with E-state index in [9.17, 15) is 24.3 Å². The topological polar surface area (TPSA) is 162 Å². The van der Waals surface area contributed by atoms with Crippen LogP contribution in [-0.4, -0.2) is 64.1 Å². The Morgan fingerprint density at radius 2 is 1.73 bits per heavy atom. The van der Waals surface area contributed by atoms with E-state index < -0.39 is 75.7 Å². The molecule has 2 N–H and O–H groups in total. The molecule has 0 aromatic carbocycles. The number of aliphatic hydroxyl groups excluding tert-OH is 1. The lowest BCUT2D eigenvalue weighted by Gasteiger charge is -2.64. The number of aliphatic carboxylic acids is 1. The van der Waals surface area contributed by atoms with Crippen molar-refractivity contribution in [2.45, 2.75) is 122 Å². The number of ether oxygens (including phenoxy) is 4. The van der Waals surface area contributed by atoms with Gasteiger partial charge in [0.15, 0.2) is 6.10 Å². The number of carbonyl (C=O) groups is 4. The molecule has 242 valence electrons. The van der Waals surface area contributed by atoms with Gasteiger partial charge in [-0.25, -0.2) is 4.79 Å². The highest BCUT2D eigenvalue weighted by molar-refractivity contribution is 5.93. The number of Topliss-reactive ketones (excluding diaryl/α,β-unsaturated/α-hetero) is 1. The minimum atomic E-state index is -1.52. The van der Waals surface area contributed by atoms with Crippen LogP contribution in [-0.2, 0) is 38.1 Å². The Balaban J connectivity index is 1.26. The van der Waals surface area contributed by atoms with Crippen LogP contribution in [0.25, 0.3) is 0 Å². The lowest BCUT2D eigenvalue weighted by Crippen LogP contribution is -2.72. The first kappa shape index (κ1) is 31.2. The van der Waals surface area contributed by atoms with E-state index in [1.54, 1.807) is 12.3 Å². The molecule has 2 saturated carbocycles. The fourth-order valence-electron chi connectivity index (χ4n) is 9.79. The molecule has 0 bridgehead atoms. The molecule has 1 aromatic heterocycles. The van der Waals surface area contributed by atoms with E-state index >= 15 is 0 Å². The molecule has 0 amide bonds. The van der Waals surface area contributed by atoms with Gasteiger partial charge in [0.2, 0.25) is 6.29 Å². The van der Waals surface area contributed by atoms with E-state index in [2.05, 4.69) is 0 Å². The minimum Gasteiger partial charge on any atom is -0.481 e. The largest absolute Gasteiger partial charge is 0.481 e. The van der Waals surface area contributed by atoms with Crippen LogP contribution in [0.15, 0.2) is 23.0 Å². The van der Waals surface area contributed by atoms with Gasteiger partial charge in [-0.2, -0.15) is 0 Å². The van der Waals surface area contributed by atoms with Crippen LogP contribution >= 0.6 is 0 Å². The number of carboxylic acid groups (broad SMARTS) is 1. The number of carbonyl (C=O) groups excluding carboxylic acids is 3. The molecule has 44 heavy (non-hydrogen) atoms. The molecule has 9 atom stereocenters. The van der Waals surface area contributed by atoms with Crippen molar-refractivity contribution < 1.29 is 52.8 Å². The highest BCUT2D eigenvalue weighted by Crippen LogP contribution is 2.79. The number of hydrogen-bond donors (Lipinski definition) is 2. The zero-order valence-corrected chi connectivity index (χ0v) is 26.0. The van der Waals surface area contributed by atoms with E-state index in [4.69, 9.17) is 28.5 Å². The number of carboxylic acids is 1. The Morgan fingerprint density at radius 3 is 2.41 bits per heavy atom. The summed E-state index contributed by atoms with van der Waals surface area (Å²) in [5.41, 5.74) is -4.23. The maximum Gasteiger partial charge on any atom is 0.339 e. The lowest BCUT2D eigenvalue weighted by atomic mass is 9.38. The van der Waals surface area contributed by atoms with Crippen LogP contribution in [0.4, 0.5) is 0 Å². The summed E-state index contributed by atoms with van der Waals surface area (Å²) in [5.74, 6) is -2.81. The highest BCUT2D eigenvalue weighted by Gasteiger charge is 2.89. The van der Waals surface area contributed by atoms with Gasteiger partial charge in [-0.15, -0.1) is 0 Å². The molecular formula is C33H44O11. The number of rotatable bonds is 11. The summed E-state index contributed by atoms with van der Waals surface area (Å²) in [6.07, 6.45) is 4.85. The van der Waals surface area contributed by atoms with Crippen molar-refractivity contribution in [1.82, 2.24) is 0 Å². The second-order valence-corrected chi connectivity index (χ2v) is 14.5. The second-order valence-electron chi connectivity index (χ2n) is 14.5. The van der Waals surface area contributed by atoms with E-state index in [1.807, 2.05) is 27.7 Å². The fourth-order valence-corrected chi connectivity index (χ4v) is 9.79. The van der Waals surface area contributed by atoms with Crippen molar-refractivity contribution in [3.8, 4) is 0 Å². The number of unbranched alkanes of at least 4 members (excludes halogenated alkanes) is 4. The summed E-state index contributed by atoms with van der Waals surface area (Å²) in [6, 6.07) is 1.76. The molecule has 5 aliphatic rings. The molecule has 3 saturated heterocycles. The van der Waals surface area contributed by atoms with Gasteiger partial charge >= 0.3 is 17.9 Å². The monoisotopic (exact) mass is 616 g/mol. The Kier molecular flexibility index (Phi) is 7.57. The van der Waals surface area contributed by atoms with Crippen LogP contribution in [0.1, 0.15) is 104 Å². The molecule has 2 aliphatic carbocycles. The molecule has 4 heterocycles. The van der Waals surface area contributed by atoms with Crippen molar-refractivity contribution in [1.29, 1.82) is 0 Å². The molecule has 11 heteroatoms. The summed E-state index contributed by atoms with van der Waals surface area (Å²) in [4.78, 5) is 51.5. The summed E-state index contributed by atoms with van der Waals surface area (Å²) in [7, 11) is 0. The molecule has 5 fully saturated rings. The average Bonchev–Trinajstić information content (AvgIpc) is 3.42. The fraction of sp³-hybridized carbons (Fsp3) is 0.758. The van der Waals surface area contributed by atoms with Crippen molar-refractivity contribution >= 4 is 23.7 Å². The Morgan fingerprint density at radius 1 is 1.02 bits per heavy atom. The number of ketones is 1. The first-order valence-electron chi connectivity index (χ1n) is 15.9. The number of fused-ring (bicyclic) bond motifs is 3. The quantitative estimate of drug-likeness (QED) is 0.156. The predicted molar refractivity (Wildman–Crippen MR) is 152 cm³/mol. The number of aliphatic hydroxyl groups is 1. The average molecular weight is 617 g/mol. The van der Waals surface area contributed by atoms with Gasteiger partial charge in [0.25, 0.3) is 0 Å². The summed E-state index contributed by atoms with van der Waals surface area (Å²) in [6.45, 7) is 7.79. The minimum absolute atomic E-state index is 0.0443. The van der Waals surface area contributed by atoms with E-state index in [0.717, 1.165) is 19.3 Å². The maximum absolute atomic E-state index is 14.5. The normalized spacial score (nSPS) is 40.6. The zero-order chi connectivity index (χ0) is 31.7. The maximum atomic E-state index is 14.5. The summed E-state index contributed by atoms with van der Waals surface area (Å²) in [5, 5.41) is 20.7. The van der Waals surface area contributed by atoms with Crippen molar-refractivity contribution in [2.24, 2.45) is 28.1 Å². The second kappa shape index (κ2) is 10.7.